The maximum Gasteiger partial charge on any atom is 0.325 e. The molecule has 2 N–H and O–H groups in total. The molecular weight excluding hydrogens is 508 g/mol. The van der Waals surface area contributed by atoms with Crippen LogP contribution < -0.4 is 9.46 Å². The van der Waals surface area contributed by atoms with E-state index in [2.05, 4.69) is 9.71 Å². The van der Waals surface area contributed by atoms with Crippen molar-refractivity contribution in [3.63, 3.8) is 0 Å². The lowest BCUT2D eigenvalue weighted by Gasteiger charge is -2.15. The van der Waals surface area contributed by atoms with Crippen molar-refractivity contribution in [2.24, 2.45) is 0 Å². The second kappa shape index (κ2) is 9.09. The number of rotatable bonds is 8. The fourth-order valence-corrected chi connectivity index (χ4v) is 6.76. The summed E-state index contributed by atoms with van der Waals surface area (Å²) in [5.41, 5.74) is -0.135. The average Bonchev–Trinajstić information content (AvgIpc) is 3.33. The first kappa shape index (κ1) is 23.5. The number of halogens is 1. The van der Waals surface area contributed by atoms with Crippen molar-refractivity contribution in [3.05, 3.63) is 95.8 Å². The zero-order valence-corrected chi connectivity index (χ0v) is 20.5. The standard InChI is InChI=1S/C25H19ClN2O5S2/c26-18-8-6-16(7-9-18)22-10-11-23(34-22)35(31,32)28-25(24(29)30)14-21(25)17-3-1-4-19(13-17)33-20-5-2-12-27-15-20/h1-13,15,21,28H,14H2,(H,29,30)/t21-,25?/m0/s1. The molecule has 2 aromatic heterocycles. The highest BCUT2D eigenvalue weighted by atomic mass is 35.5. The highest BCUT2D eigenvalue weighted by Crippen LogP contribution is 2.53. The Kier molecular flexibility index (Phi) is 6.10. The lowest BCUT2D eigenvalue weighted by atomic mass is 10.1. The summed E-state index contributed by atoms with van der Waals surface area (Å²) in [7, 11) is -4.07. The fourth-order valence-electron chi connectivity index (χ4n) is 3.92. The quantitative estimate of drug-likeness (QED) is 0.312. The molecule has 0 saturated heterocycles. The van der Waals surface area contributed by atoms with Crippen molar-refractivity contribution in [1.82, 2.24) is 9.71 Å². The van der Waals surface area contributed by atoms with Crippen LogP contribution >= 0.6 is 22.9 Å². The molecule has 1 saturated carbocycles. The van der Waals surface area contributed by atoms with E-state index in [0.717, 1.165) is 21.8 Å². The molecule has 0 bridgehead atoms. The molecule has 0 aliphatic heterocycles. The van der Waals surface area contributed by atoms with Gasteiger partial charge in [0.25, 0.3) is 10.0 Å². The summed E-state index contributed by atoms with van der Waals surface area (Å²) in [6.07, 6.45) is 3.33. The number of hydrogen-bond donors (Lipinski definition) is 2. The van der Waals surface area contributed by atoms with Gasteiger partial charge in [0.15, 0.2) is 0 Å². The molecule has 178 valence electrons. The number of ether oxygens (including phenoxy) is 1. The summed E-state index contributed by atoms with van der Waals surface area (Å²) in [5, 5.41) is 10.6. The summed E-state index contributed by atoms with van der Waals surface area (Å²) < 4.78 is 34.6. The van der Waals surface area contributed by atoms with Crippen molar-refractivity contribution >= 4 is 38.9 Å². The van der Waals surface area contributed by atoms with Crippen LogP contribution in [0.2, 0.25) is 5.02 Å². The summed E-state index contributed by atoms with van der Waals surface area (Å²) in [5.74, 6) is -0.711. The first-order valence-electron chi connectivity index (χ1n) is 10.6. The number of nitrogens with one attached hydrogen (secondary N) is 1. The van der Waals surface area contributed by atoms with Crippen LogP contribution in [0.15, 0.2) is 89.4 Å². The van der Waals surface area contributed by atoms with Crippen LogP contribution in [-0.4, -0.2) is 30.0 Å². The fraction of sp³-hybridized carbons (Fsp3) is 0.120. The monoisotopic (exact) mass is 526 g/mol. The zero-order valence-electron chi connectivity index (χ0n) is 18.1. The first-order chi connectivity index (χ1) is 16.8. The van der Waals surface area contributed by atoms with Crippen molar-refractivity contribution in [3.8, 4) is 21.9 Å². The number of hydrogen-bond acceptors (Lipinski definition) is 6. The van der Waals surface area contributed by atoms with E-state index in [4.69, 9.17) is 16.3 Å². The Morgan fingerprint density at radius 3 is 2.57 bits per heavy atom. The summed E-state index contributed by atoms with van der Waals surface area (Å²) in [4.78, 5) is 17.0. The van der Waals surface area contributed by atoms with E-state index in [1.54, 1.807) is 79.1 Å². The number of benzene rings is 2. The topological polar surface area (TPSA) is 106 Å². The van der Waals surface area contributed by atoms with Crippen LogP contribution in [-0.2, 0) is 14.8 Å². The van der Waals surface area contributed by atoms with Crippen LogP contribution in [0.4, 0.5) is 0 Å². The Morgan fingerprint density at radius 2 is 1.86 bits per heavy atom. The van der Waals surface area contributed by atoms with Crippen molar-refractivity contribution in [1.29, 1.82) is 0 Å². The number of aromatic nitrogens is 1. The van der Waals surface area contributed by atoms with Crippen LogP contribution in [0.1, 0.15) is 17.9 Å². The Morgan fingerprint density at radius 1 is 1.09 bits per heavy atom. The number of sulfonamides is 1. The molecule has 0 radical (unpaired) electrons. The SMILES string of the molecule is O=C(O)C1(NS(=O)(=O)c2ccc(-c3ccc(Cl)cc3)s2)C[C@H]1c1cccc(Oc2cccnc2)c1. The molecule has 1 aliphatic rings. The van der Waals surface area contributed by atoms with Crippen LogP contribution in [0.25, 0.3) is 10.4 Å². The summed E-state index contributed by atoms with van der Waals surface area (Å²) in [6.45, 7) is 0. The largest absolute Gasteiger partial charge is 0.480 e. The lowest BCUT2D eigenvalue weighted by Crippen LogP contribution is -2.44. The molecule has 1 aliphatic carbocycles. The van der Waals surface area contributed by atoms with E-state index in [1.807, 2.05) is 0 Å². The third-order valence-electron chi connectivity index (χ3n) is 5.76. The minimum Gasteiger partial charge on any atom is -0.480 e. The molecule has 7 nitrogen and oxygen atoms in total. The normalized spacial score (nSPS) is 19.3. The Hall–Kier alpha value is -3.24. The third-order valence-corrected chi connectivity index (χ3v) is 9.15. The minimum atomic E-state index is -4.07. The number of carboxylic acid groups (broad SMARTS) is 1. The van der Waals surface area contributed by atoms with Crippen LogP contribution in [0, 0.1) is 0 Å². The number of nitrogens with zero attached hydrogens (tertiary/aromatic N) is 1. The van der Waals surface area contributed by atoms with Crippen molar-refractivity contribution < 1.29 is 23.1 Å². The number of carbonyl (C=O) groups is 1. The smallest absolute Gasteiger partial charge is 0.325 e. The molecular formula is C25H19ClN2O5S2. The van der Waals surface area contributed by atoms with Gasteiger partial charge in [-0.3, -0.25) is 9.78 Å². The lowest BCUT2D eigenvalue weighted by molar-refractivity contribution is -0.140. The predicted octanol–water partition coefficient (Wildman–Crippen LogP) is 5.55. The van der Waals surface area contributed by atoms with E-state index in [-0.39, 0.29) is 10.6 Å². The van der Waals surface area contributed by atoms with E-state index >= 15 is 0 Å². The van der Waals surface area contributed by atoms with Gasteiger partial charge in [-0.15, -0.1) is 11.3 Å². The van der Waals surface area contributed by atoms with Gasteiger partial charge in [0, 0.05) is 22.0 Å². The summed E-state index contributed by atoms with van der Waals surface area (Å²) >= 11 is 7.00. The second-order valence-electron chi connectivity index (χ2n) is 8.13. The van der Waals surface area contributed by atoms with Gasteiger partial charge in [0.1, 0.15) is 21.2 Å². The van der Waals surface area contributed by atoms with Gasteiger partial charge in [0.2, 0.25) is 0 Å². The average molecular weight is 527 g/mol. The van der Waals surface area contributed by atoms with Gasteiger partial charge in [-0.2, -0.15) is 4.72 Å². The van der Waals surface area contributed by atoms with Crippen molar-refractivity contribution in [2.45, 2.75) is 22.1 Å². The minimum absolute atomic E-state index is 0.0439. The van der Waals surface area contributed by atoms with Gasteiger partial charge in [-0.1, -0.05) is 35.9 Å². The highest BCUT2D eigenvalue weighted by molar-refractivity contribution is 7.91. The molecule has 1 unspecified atom stereocenters. The number of thiophene rings is 1. The second-order valence-corrected chi connectivity index (χ2v) is 11.6. The molecule has 10 heteroatoms. The molecule has 35 heavy (non-hydrogen) atoms. The number of pyridine rings is 1. The Balaban J connectivity index is 1.37. The number of carboxylic acids is 1. The van der Waals surface area contributed by atoms with Crippen LogP contribution in [0.3, 0.4) is 0 Å². The third kappa shape index (κ3) is 4.81. The van der Waals surface area contributed by atoms with E-state index in [9.17, 15) is 18.3 Å². The number of aliphatic carboxylic acids is 1. The molecule has 0 amide bonds. The molecule has 2 heterocycles. The maximum atomic E-state index is 13.2. The molecule has 2 aromatic carbocycles. The Labute approximate surface area is 211 Å². The predicted molar refractivity (Wildman–Crippen MR) is 134 cm³/mol. The molecule has 5 rings (SSSR count). The van der Waals surface area contributed by atoms with E-state index in [1.165, 1.54) is 6.07 Å². The van der Waals surface area contributed by atoms with Gasteiger partial charge in [-0.25, -0.2) is 8.42 Å². The Bertz CT molecular complexity index is 1490. The van der Waals surface area contributed by atoms with Gasteiger partial charge < -0.3 is 9.84 Å². The molecule has 4 aromatic rings. The van der Waals surface area contributed by atoms with E-state index < -0.39 is 27.4 Å². The van der Waals surface area contributed by atoms with Gasteiger partial charge in [0.05, 0.1) is 6.20 Å². The highest BCUT2D eigenvalue weighted by Gasteiger charge is 2.63. The van der Waals surface area contributed by atoms with Gasteiger partial charge in [-0.05, 0) is 66.1 Å². The molecule has 1 fully saturated rings. The molecule has 2 atom stereocenters. The first-order valence-corrected chi connectivity index (χ1v) is 13.3. The van der Waals surface area contributed by atoms with Gasteiger partial charge >= 0.3 is 5.97 Å². The maximum absolute atomic E-state index is 13.2. The van der Waals surface area contributed by atoms with Crippen molar-refractivity contribution in [2.75, 3.05) is 0 Å². The van der Waals surface area contributed by atoms with Crippen LogP contribution in [0.5, 0.6) is 11.5 Å². The molecule has 0 spiro atoms. The zero-order chi connectivity index (χ0) is 24.6. The summed E-state index contributed by atoms with van der Waals surface area (Å²) in [6, 6.07) is 20.7. The van der Waals surface area contributed by atoms with E-state index in [0.29, 0.717) is 22.1 Å².